The van der Waals surface area contributed by atoms with Gasteiger partial charge in [-0.2, -0.15) is 0 Å². The number of rotatable bonds is 5. The van der Waals surface area contributed by atoms with E-state index < -0.39 is 0 Å². The second-order valence-electron chi connectivity index (χ2n) is 7.36. The fraction of sp³-hybridized carbons (Fsp3) is 0.160. The zero-order chi connectivity index (χ0) is 21.1. The van der Waals surface area contributed by atoms with Gasteiger partial charge in [-0.3, -0.25) is 4.79 Å². The number of aromatic nitrogens is 2. The number of carbonyl (C=O) groups is 1. The number of carbonyl (C=O) groups excluding carboxylic acids is 1. The smallest absolute Gasteiger partial charge is 0.254 e. The Hall–Kier alpha value is -3.73. The third-order valence-corrected chi connectivity index (χ3v) is 5.25. The van der Waals surface area contributed by atoms with Crippen LogP contribution in [0.1, 0.15) is 34.5 Å². The summed E-state index contributed by atoms with van der Waals surface area (Å²) in [6.45, 7) is 4.04. The average Bonchev–Trinajstić information content (AvgIpc) is 3.29. The lowest BCUT2D eigenvalue weighted by Crippen LogP contribution is -2.29. The molecule has 0 saturated heterocycles. The molecule has 4 rings (SSSR count). The molecule has 0 unspecified atom stereocenters. The number of amides is 1. The van der Waals surface area contributed by atoms with Crippen LogP contribution in [0.15, 0.2) is 83.3 Å². The van der Waals surface area contributed by atoms with Crippen molar-refractivity contribution in [2.75, 3.05) is 7.05 Å². The van der Waals surface area contributed by atoms with Gasteiger partial charge in [-0.05, 0) is 55.8 Å². The number of nitrogens with zero attached hydrogens (tertiary/aromatic N) is 3. The number of hydrogen-bond acceptors (Lipinski definition) is 4. The normalized spacial score (nSPS) is 11.8. The lowest BCUT2D eigenvalue weighted by atomic mass is 10.1. The first kappa shape index (κ1) is 19.6. The van der Waals surface area contributed by atoms with Crippen molar-refractivity contribution in [1.82, 2.24) is 15.1 Å². The number of hydrogen-bond donors (Lipinski definition) is 0. The minimum Gasteiger partial charge on any atom is -0.416 e. The summed E-state index contributed by atoms with van der Waals surface area (Å²) >= 11 is 0. The van der Waals surface area contributed by atoms with E-state index >= 15 is 0 Å². The van der Waals surface area contributed by atoms with Crippen LogP contribution in [0, 0.1) is 6.92 Å². The van der Waals surface area contributed by atoms with E-state index in [4.69, 9.17) is 4.42 Å². The molecule has 0 N–H and O–H groups in total. The van der Waals surface area contributed by atoms with E-state index in [1.165, 1.54) is 0 Å². The molecule has 5 nitrogen and oxygen atoms in total. The first-order chi connectivity index (χ1) is 14.5. The first-order valence-corrected chi connectivity index (χ1v) is 9.86. The molecule has 30 heavy (non-hydrogen) atoms. The van der Waals surface area contributed by atoms with E-state index in [1.54, 1.807) is 17.0 Å². The average molecular weight is 397 g/mol. The van der Waals surface area contributed by atoms with Crippen molar-refractivity contribution in [3.63, 3.8) is 0 Å². The highest BCUT2D eigenvalue weighted by atomic mass is 16.4. The predicted octanol–water partition coefficient (Wildman–Crippen LogP) is 5.55. The lowest BCUT2D eigenvalue weighted by Gasteiger charge is -2.25. The molecule has 5 heteroatoms. The van der Waals surface area contributed by atoms with Gasteiger partial charge in [0.25, 0.3) is 5.91 Å². The van der Waals surface area contributed by atoms with Crippen molar-refractivity contribution in [2.45, 2.75) is 19.9 Å². The maximum Gasteiger partial charge on any atom is 0.254 e. The van der Waals surface area contributed by atoms with E-state index in [-0.39, 0.29) is 11.9 Å². The van der Waals surface area contributed by atoms with E-state index in [1.807, 2.05) is 87.6 Å². The Morgan fingerprint density at radius 3 is 2.20 bits per heavy atom. The van der Waals surface area contributed by atoms with E-state index in [2.05, 4.69) is 10.2 Å². The van der Waals surface area contributed by atoms with Gasteiger partial charge in [0.2, 0.25) is 11.8 Å². The summed E-state index contributed by atoms with van der Waals surface area (Å²) in [5.74, 6) is 0.866. The molecular formula is C25H23N3O2. The van der Waals surface area contributed by atoms with Gasteiger partial charge in [-0.25, -0.2) is 0 Å². The molecule has 0 bridgehead atoms. The van der Waals surface area contributed by atoms with Gasteiger partial charge in [-0.1, -0.05) is 48.0 Å². The molecule has 0 radical (unpaired) electrons. The molecule has 0 saturated carbocycles. The quantitative estimate of drug-likeness (QED) is 0.443. The van der Waals surface area contributed by atoms with Crippen LogP contribution in [0.4, 0.5) is 0 Å². The van der Waals surface area contributed by atoms with E-state index in [0.717, 1.165) is 22.3 Å². The molecule has 1 atom stereocenters. The van der Waals surface area contributed by atoms with E-state index in [9.17, 15) is 4.79 Å². The maximum absolute atomic E-state index is 12.9. The van der Waals surface area contributed by atoms with Crippen LogP contribution < -0.4 is 0 Å². The van der Waals surface area contributed by atoms with Gasteiger partial charge >= 0.3 is 0 Å². The van der Waals surface area contributed by atoms with Gasteiger partial charge in [-0.15, -0.1) is 10.2 Å². The van der Waals surface area contributed by atoms with Gasteiger partial charge in [0.15, 0.2) is 0 Å². The fourth-order valence-corrected chi connectivity index (χ4v) is 3.32. The minimum atomic E-state index is -0.0381. The fourth-order valence-electron chi connectivity index (χ4n) is 3.32. The second-order valence-corrected chi connectivity index (χ2v) is 7.36. The van der Waals surface area contributed by atoms with Crippen LogP contribution >= 0.6 is 0 Å². The Balaban J connectivity index is 1.51. The zero-order valence-electron chi connectivity index (χ0n) is 17.2. The lowest BCUT2D eigenvalue weighted by molar-refractivity contribution is 0.0742. The van der Waals surface area contributed by atoms with Crippen molar-refractivity contribution >= 4 is 5.91 Å². The molecule has 1 aromatic heterocycles. The van der Waals surface area contributed by atoms with Gasteiger partial charge in [0.05, 0.1) is 6.04 Å². The Labute approximate surface area is 176 Å². The minimum absolute atomic E-state index is 0.0220. The van der Waals surface area contributed by atoms with Crippen molar-refractivity contribution in [3.05, 3.63) is 95.6 Å². The molecule has 0 spiro atoms. The van der Waals surface area contributed by atoms with Crippen LogP contribution in [0.3, 0.4) is 0 Å². The monoisotopic (exact) mass is 397 g/mol. The standard InChI is InChI=1S/C25H23N3O2/c1-17-8-7-11-22(16-17)24-27-26-23(30-24)20-12-14-21(15-13-20)25(29)28(3)18(2)19-9-5-4-6-10-19/h4-16,18H,1-3H3/t18-/m1/s1. The zero-order valence-corrected chi connectivity index (χ0v) is 17.2. The molecule has 0 aliphatic carbocycles. The first-order valence-electron chi connectivity index (χ1n) is 9.86. The van der Waals surface area contributed by atoms with Gasteiger partial charge in [0, 0.05) is 23.7 Å². The molecule has 150 valence electrons. The SMILES string of the molecule is Cc1cccc(-c2nnc(-c3ccc(C(=O)N(C)[C@H](C)c4ccccc4)cc3)o2)c1. The highest BCUT2D eigenvalue weighted by Gasteiger charge is 2.19. The third kappa shape index (κ3) is 4.01. The molecule has 4 aromatic rings. The summed E-state index contributed by atoms with van der Waals surface area (Å²) in [5.41, 5.74) is 4.50. The highest BCUT2D eigenvalue weighted by molar-refractivity contribution is 5.94. The second kappa shape index (κ2) is 8.33. The van der Waals surface area contributed by atoms with Crippen LogP contribution in [-0.4, -0.2) is 28.1 Å². The molecule has 1 amide bonds. The van der Waals surface area contributed by atoms with Gasteiger partial charge in [0.1, 0.15) is 0 Å². The topological polar surface area (TPSA) is 59.2 Å². The molecule has 0 aliphatic heterocycles. The summed E-state index contributed by atoms with van der Waals surface area (Å²) in [7, 11) is 1.82. The summed E-state index contributed by atoms with van der Waals surface area (Å²) in [6.07, 6.45) is 0. The molecule has 0 aliphatic rings. The summed E-state index contributed by atoms with van der Waals surface area (Å²) in [6, 6.07) is 25.1. The van der Waals surface area contributed by atoms with Crippen molar-refractivity contribution in [3.8, 4) is 22.9 Å². The summed E-state index contributed by atoms with van der Waals surface area (Å²) in [4.78, 5) is 14.6. The van der Waals surface area contributed by atoms with Crippen molar-refractivity contribution in [1.29, 1.82) is 0 Å². The van der Waals surface area contributed by atoms with Crippen LogP contribution in [0.5, 0.6) is 0 Å². The van der Waals surface area contributed by atoms with Crippen LogP contribution in [0.25, 0.3) is 22.9 Å². The van der Waals surface area contributed by atoms with Crippen molar-refractivity contribution in [2.24, 2.45) is 0 Å². The number of aryl methyl sites for hydroxylation is 1. The van der Waals surface area contributed by atoms with Crippen LogP contribution in [0.2, 0.25) is 0 Å². The largest absolute Gasteiger partial charge is 0.416 e. The molecule has 3 aromatic carbocycles. The highest BCUT2D eigenvalue weighted by Crippen LogP contribution is 2.26. The molecule has 1 heterocycles. The Morgan fingerprint density at radius 2 is 1.53 bits per heavy atom. The Kier molecular flexibility index (Phi) is 5.44. The van der Waals surface area contributed by atoms with Crippen LogP contribution in [-0.2, 0) is 0 Å². The molecule has 0 fully saturated rings. The summed E-state index contributed by atoms with van der Waals surface area (Å²) < 4.78 is 5.84. The maximum atomic E-state index is 12.9. The van der Waals surface area contributed by atoms with E-state index in [0.29, 0.717) is 17.3 Å². The number of benzene rings is 3. The molecular weight excluding hydrogens is 374 g/mol. The third-order valence-electron chi connectivity index (χ3n) is 5.25. The van der Waals surface area contributed by atoms with Gasteiger partial charge < -0.3 is 9.32 Å². The summed E-state index contributed by atoms with van der Waals surface area (Å²) in [5, 5.41) is 8.31. The predicted molar refractivity (Wildman–Crippen MR) is 117 cm³/mol. The Morgan fingerprint density at radius 1 is 0.867 bits per heavy atom. The van der Waals surface area contributed by atoms with Crippen molar-refractivity contribution < 1.29 is 9.21 Å². The Bertz CT molecular complexity index is 1150.